The van der Waals surface area contributed by atoms with E-state index in [0.29, 0.717) is 34.9 Å². The van der Waals surface area contributed by atoms with Crippen molar-refractivity contribution in [2.24, 2.45) is 0 Å². The Labute approximate surface area is 214 Å². The van der Waals surface area contributed by atoms with Gasteiger partial charge in [-0.25, -0.2) is 9.97 Å². The van der Waals surface area contributed by atoms with Gasteiger partial charge in [0, 0.05) is 29.1 Å². The van der Waals surface area contributed by atoms with Crippen LogP contribution in [0.3, 0.4) is 0 Å². The number of aromatic nitrogens is 5. The van der Waals surface area contributed by atoms with Gasteiger partial charge in [0.25, 0.3) is 5.91 Å². The lowest BCUT2D eigenvalue weighted by molar-refractivity contribution is 0.0936. The Morgan fingerprint density at radius 3 is 2.73 bits per heavy atom. The Balaban J connectivity index is 1.39. The summed E-state index contributed by atoms with van der Waals surface area (Å²) in [4.78, 5) is 25.1. The minimum absolute atomic E-state index is 0.0848. The molecule has 0 saturated heterocycles. The molecule has 37 heavy (non-hydrogen) atoms. The van der Waals surface area contributed by atoms with Crippen LogP contribution in [-0.2, 0) is 6.54 Å². The summed E-state index contributed by atoms with van der Waals surface area (Å²) >= 11 is 0. The third kappa shape index (κ3) is 4.88. The summed E-state index contributed by atoms with van der Waals surface area (Å²) in [5.41, 5.74) is 6.05. The fourth-order valence-electron chi connectivity index (χ4n) is 4.41. The molecule has 188 valence electrons. The number of phenolic OH excluding ortho intramolecular Hbond substituents is 1. The number of phenols is 1. The van der Waals surface area contributed by atoms with E-state index in [1.807, 2.05) is 55.8 Å². The van der Waals surface area contributed by atoms with Crippen molar-refractivity contribution in [3.63, 3.8) is 0 Å². The van der Waals surface area contributed by atoms with Crippen molar-refractivity contribution in [2.75, 3.05) is 7.11 Å². The smallest absolute Gasteiger partial charge is 0.251 e. The van der Waals surface area contributed by atoms with E-state index in [0.717, 1.165) is 28.0 Å². The molecule has 2 aromatic carbocycles. The molecule has 1 atom stereocenters. The number of pyridine rings is 1. The number of nitrogens with zero attached hydrogens (tertiary/aromatic N) is 4. The second-order valence-corrected chi connectivity index (χ2v) is 9.09. The maximum atomic E-state index is 12.9. The summed E-state index contributed by atoms with van der Waals surface area (Å²) < 4.78 is 7.28. The largest absolute Gasteiger partial charge is 0.507 e. The first-order chi connectivity index (χ1) is 17.8. The van der Waals surface area contributed by atoms with Crippen molar-refractivity contribution in [2.45, 2.75) is 33.4 Å². The number of imidazole rings is 1. The summed E-state index contributed by atoms with van der Waals surface area (Å²) in [6, 6.07) is 16.2. The van der Waals surface area contributed by atoms with E-state index in [4.69, 9.17) is 4.74 Å². The van der Waals surface area contributed by atoms with Crippen LogP contribution >= 0.6 is 0 Å². The second-order valence-electron chi connectivity index (χ2n) is 9.09. The summed E-state index contributed by atoms with van der Waals surface area (Å²) in [5, 5.41) is 18.1. The van der Waals surface area contributed by atoms with E-state index in [9.17, 15) is 9.90 Å². The Hall–Kier alpha value is -4.66. The van der Waals surface area contributed by atoms with E-state index < -0.39 is 0 Å². The third-order valence-electron chi connectivity index (χ3n) is 6.20. The Kier molecular flexibility index (Phi) is 6.35. The van der Waals surface area contributed by atoms with Crippen LogP contribution in [0.4, 0.5) is 0 Å². The van der Waals surface area contributed by atoms with Crippen molar-refractivity contribution in [1.29, 1.82) is 0 Å². The topological polar surface area (TPSA) is 118 Å². The fourth-order valence-corrected chi connectivity index (χ4v) is 4.41. The van der Waals surface area contributed by atoms with E-state index in [1.165, 1.54) is 0 Å². The monoisotopic (exact) mass is 496 g/mol. The predicted octanol–water partition coefficient (Wildman–Crippen LogP) is 4.64. The highest BCUT2D eigenvalue weighted by Gasteiger charge is 2.16. The lowest BCUT2D eigenvalue weighted by Gasteiger charge is -2.15. The molecule has 1 amide bonds. The summed E-state index contributed by atoms with van der Waals surface area (Å²) in [6.07, 6.45) is 1.66. The standard InChI is InChI=1S/C28H28N6O3/c1-16-12-18(3)34(33-16)15-17(2)30-27(36)20-7-9-23-24(14-20)32-26(31-23)22-13-19(8-10-25(22)35)21-6-5-11-29-28(21)37-4/h5-14,17,35H,15H2,1-4H3,(H,30,36)(H,31,32). The van der Waals surface area contributed by atoms with Crippen LogP contribution in [-0.4, -0.2) is 48.9 Å². The number of aromatic hydroxyl groups is 1. The van der Waals surface area contributed by atoms with Gasteiger partial charge in [-0.05, 0) is 74.9 Å². The van der Waals surface area contributed by atoms with Crippen molar-refractivity contribution < 1.29 is 14.6 Å². The van der Waals surface area contributed by atoms with E-state index in [1.54, 1.807) is 37.6 Å². The highest BCUT2D eigenvalue weighted by atomic mass is 16.5. The number of carbonyl (C=O) groups is 1. The normalized spacial score (nSPS) is 12.0. The maximum Gasteiger partial charge on any atom is 0.251 e. The number of nitrogens with one attached hydrogen (secondary N) is 2. The van der Waals surface area contributed by atoms with Gasteiger partial charge in [-0.2, -0.15) is 5.10 Å². The minimum Gasteiger partial charge on any atom is -0.507 e. The molecule has 0 saturated carbocycles. The van der Waals surface area contributed by atoms with Crippen LogP contribution in [0.15, 0.2) is 60.8 Å². The summed E-state index contributed by atoms with van der Waals surface area (Å²) in [7, 11) is 1.57. The molecule has 5 rings (SSSR count). The Morgan fingerprint density at radius 1 is 1.14 bits per heavy atom. The maximum absolute atomic E-state index is 12.9. The molecule has 0 bridgehead atoms. The molecule has 9 heteroatoms. The van der Waals surface area contributed by atoms with Crippen molar-refractivity contribution in [3.8, 4) is 34.1 Å². The van der Waals surface area contributed by atoms with Gasteiger partial charge in [-0.15, -0.1) is 0 Å². The highest BCUT2D eigenvalue weighted by Crippen LogP contribution is 2.35. The molecule has 1 unspecified atom stereocenters. The molecular formula is C28H28N6O3. The predicted molar refractivity (Wildman–Crippen MR) is 142 cm³/mol. The number of aromatic amines is 1. The van der Waals surface area contributed by atoms with Crippen molar-refractivity contribution >= 4 is 16.9 Å². The zero-order valence-electron chi connectivity index (χ0n) is 21.1. The van der Waals surface area contributed by atoms with E-state index >= 15 is 0 Å². The number of aryl methyl sites for hydroxylation is 2. The molecule has 9 nitrogen and oxygen atoms in total. The molecular weight excluding hydrogens is 468 g/mol. The number of ether oxygens (including phenoxy) is 1. The van der Waals surface area contributed by atoms with Gasteiger partial charge < -0.3 is 20.1 Å². The van der Waals surface area contributed by atoms with Crippen LogP contribution in [0, 0.1) is 13.8 Å². The highest BCUT2D eigenvalue weighted by molar-refractivity contribution is 5.98. The van der Waals surface area contributed by atoms with Gasteiger partial charge in [0.05, 0.1) is 35.9 Å². The molecule has 0 radical (unpaired) electrons. The van der Waals surface area contributed by atoms with Gasteiger partial charge in [0.15, 0.2) is 0 Å². The van der Waals surface area contributed by atoms with Gasteiger partial charge in [-0.3, -0.25) is 9.48 Å². The van der Waals surface area contributed by atoms with E-state index in [-0.39, 0.29) is 17.7 Å². The average molecular weight is 497 g/mol. The quantitative estimate of drug-likeness (QED) is 0.302. The number of hydrogen-bond donors (Lipinski definition) is 3. The van der Waals surface area contributed by atoms with Crippen LogP contribution in [0.5, 0.6) is 11.6 Å². The number of carbonyl (C=O) groups excluding carboxylic acids is 1. The Morgan fingerprint density at radius 2 is 1.97 bits per heavy atom. The zero-order chi connectivity index (χ0) is 26.1. The summed E-state index contributed by atoms with van der Waals surface area (Å²) in [6.45, 7) is 6.48. The first-order valence-electron chi connectivity index (χ1n) is 12.0. The van der Waals surface area contributed by atoms with Crippen molar-refractivity contribution in [1.82, 2.24) is 30.0 Å². The Bertz CT molecular complexity index is 1600. The molecule has 0 aliphatic heterocycles. The third-order valence-corrected chi connectivity index (χ3v) is 6.20. The number of amides is 1. The number of H-pyrrole nitrogens is 1. The molecule has 0 fully saturated rings. The van der Waals surface area contributed by atoms with Crippen LogP contribution in [0.1, 0.15) is 28.7 Å². The first-order valence-corrected chi connectivity index (χ1v) is 12.0. The molecule has 0 aliphatic carbocycles. The molecule has 0 aliphatic rings. The molecule has 3 heterocycles. The molecule has 3 N–H and O–H groups in total. The SMILES string of the molecule is COc1ncccc1-c1ccc(O)c(-c2nc3cc(C(=O)NC(C)Cn4nc(C)cc4C)ccc3[nH]2)c1. The van der Waals surface area contributed by atoms with Gasteiger partial charge in [0.2, 0.25) is 5.88 Å². The molecule has 3 aromatic heterocycles. The zero-order valence-corrected chi connectivity index (χ0v) is 21.1. The van der Waals surface area contributed by atoms with Crippen molar-refractivity contribution in [3.05, 3.63) is 77.7 Å². The number of benzene rings is 2. The number of fused-ring (bicyclic) bond motifs is 1. The summed E-state index contributed by atoms with van der Waals surface area (Å²) in [5.74, 6) is 0.884. The van der Waals surface area contributed by atoms with Gasteiger partial charge in [-0.1, -0.05) is 6.07 Å². The van der Waals surface area contributed by atoms with Crippen LogP contribution in [0.25, 0.3) is 33.5 Å². The number of rotatable bonds is 7. The molecule has 0 spiro atoms. The molecule has 5 aromatic rings. The first kappa shape index (κ1) is 24.1. The number of hydrogen-bond acceptors (Lipinski definition) is 6. The second kappa shape index (κ2) is 9.77. The van der Waals surface area contributed by atoms with Gasteiger partial charge in [0.1, 0.15) is 11.6 Å². The fraction of sp³-hybridized carbons (Fsp3) is 0.214. The lowest BCUT2D eigenvalue weighted by Crippen LogP contribution is -2.36. The van der Waals surface area contributed by atoms with E-state index in [2.05, 4.69) is 25.4 Å². The minimum atomic E-state index is -0.186. The number of methoxy groups -OCH3 is 1. The van der Waals surface area contributed by atoms with Crippen LogP contribution in [0.2, 0.25) is 0 Å². The lowest BCUT2D eigenvalue weighted by atomic mass is 10.0. The van der Waals surface area contributed by atoms with Gasteiger partial charge >= 0.3 is 0 Å². The van der Waals surface area contributed by atoms with Crippen LogP contribution < -0.4 is 10.1 Å². The average Bonchev–Trinajstić information content (AvgIpc) is 3.45.